The van der Waals surface area contributed by atoms with Gasteiger partial charge in [0, 0.05) is 5.92 Å². The van der Waals surface area contributed by atoms with Gasteiger partial charge in [0.1, 0.15) is 18.3 Å². The number of allylic oxidation sites excluding steroid dienone is 4. The maximum Gasteiger partial charge on any atom is 0.335 e. The molecule has 238 valence electrons. The quantitative estimate of drug-likeness (QED) is 0.232. The highest BCUT2D eigenvalue weighted by atomic mass is 16.7. The van der Waals surface area contributed by atoms with E-state index in [4.69, 9.17) is 9.47 Å². The summed E-state index contributed by atoms with van der Waals surface area (Å²) in [5, 5.41) is 60.0. The van der Waals surface area contributed by atoms with Gasteiger partial charge in [-0.15, -0.1) is 0 Å². The molecule has 0 bridgehead atoms. The van der Waals surface area contributed by atoms with Gasteiger partial charge in [0.25, 0.3) is 0 Å². The van der Waals surface area contributed by atoms with Crippen LogP contribution in [0.1, 0.15) is 86.0 Å². The number of rotatable bonds is 8. The van der Waals surface area contributed by atoms with E-state index in [1.165, 1.54) is 12.0 Å². The van der Waals surface area contributed by atoms with Gasteiger partial charge in [-0.3, -0.25) is 0 Å². The molecule has 0 aromatic rings. The number of carboxylic acids is 1. The molecule has 42 heavy (non-hydrogen) atoms. The van der Waals surface area contributed by atoms with Crippen LogP contribution in [0, 0.1) is 29.1 Å². The standard InChI is InChI=1S/C33H52O9/c1-18(8-9-19(2)32(3,4)42-31-28(38)26(36)27(37)29(41-31)30(39)40)24-12-13-25-21(7-6-14-33(24,25)5)11-10-20-15-22(34)17-23(35)16-20/h8-11,18-19,22-29,31,34-38H,6-7,12-17H2,1-5H3,(H,39,40). The Morgan fingerprint density at radius 1 is 1.00 bits per heavy atom. The lowest BCUT2D eigenvalue weighted by Gasteiger charge is -2.44. The van der Waals surface area contributed by atoms with E-state index in [1.54, 1.807) is 0 Å². The Bertz CT molecular complexity index is 1040. The van der Waals surface area contributed by atoms with Gasteiger partial charge in [0.05, 0.1) is 17.8 Å². The second-order valence-electron chi connectivity index (χ2n) is 14.1. The van der Waals surface area contributed by atoms with Crippen LogP contribution >= 0.6 is 0 Å². The molecule has 1 aliphatic heterocycles. The molecule has 0 amide bonds. The van der Waals surface area contributed by atoms with Crippen molar-refractivity contribution in [3.8, 4) is 0 Å². The molecule has 4 fully saturated rings. The number of aliphatic carboxylic acids is 1. The zero-order chi connectivity index (χ0) is 31.0. The summed E-state index contributed by atoms with van der Waals surface area (Å²) in [6, 6.07) is 0. The summed E-state index contributed by atoms with van der Waals surface area (Å²) >= 11 is 0. The zero-order valence-electron chi connectivity index (χ0n) is 25.7. The molecule has 9 nitrogen and oxygen atoms in total. The highest BCUT2D eigenvalue weighted by molar-refractivity contribution is 5.73. The molecule has 0 aromatic heterocycles. The van der Waals surface area contributed by atoms with Crippen LogP contribution in [0.4, 0.5) is 0 Å². The van der Waals surface area contributed by atoms with E-state index in [-0.39, 0.29) is 11.3 Å². The number of carbonyl (C=O) groups is 1. The van der Waals surface area contributed by atoms with Crippen molar-refractivity contribution in [3.05, 3.63) is 35.5 Å². The Balaban J connectivity index is 1.40. The highest BCUT2D eigenvalue weighted by Gasteiger charge is 2.51. The second-order valence-corrected chi connectivity index (χ2v) is 14.1. The highest BCUT2D eigenvalue weighted by Crippen LogP contribution is 2.59. The van der Waals surface area contributed by atoms with Crippen LogP contribution in [-0.4, -0.2) is 85.1 Å². The van der Waals surface area contributed by atoms with Gasteiger partial charge in [-0.05, 0) is 88.4 Å². The summed E-state index contributed by atoms with van der Waals surface area (Å²) in [5.74, 6) is -0.198. The predicted octanol–water partition coefficient (Wildman–Crippen LogP) is 3.48. The Morgan fingerprint density at radius 2 is 1.67 bits per heavy atom. The van der Waals surface area contributed by atoms with Gasteiger partial charge in [-0.1, -0.05) is 56.2 Å². The molecule has 1 saturated heterocycles. The van der Waals surface area contributed by atoms with Crippen LogP contribution < -0.4 is 0 Å². The minimum atomic E-state index is -1.75. The molecule has 6 N–H and O–H groups in total. The fourth-order valence-electron chi connectivity index (χ4n) is 7.94. The normalized spacial score (nSPS) is 42.0. The van der Waals surface area contributed by atoms with Crippen molar-refractivity contribution in [2.45, 2.75) is 135 Å². The van der Waals surface area contributed by atoms with E-state index in [0.29, 0.717) is 37.0 Å². The Morgan fingerprint density at radius 3 is 2.31 bits per heavy atom. The number of hydrogen-bond donors (Lipinski definition) is 6. The predicted molar refractivity (Wildman–Crippen MR) is 157 cm³/mol. The number of fused-ring (bicyclic) bond motifs is 1. The molecule has 0 aromatic carbocycles. The maximum atomic E-state index is 11.5. The largest absolute Gasteiger partial charge is 0.479 e. The number of hydrogen-bond acceptors (Lipinski definition) is 8. The first-order valence-corrected chi connectivity index (χ1v) is 15.7. The first-order chi connectivity index (χ1) is 19.6. The molecule has 3 saturated carbocycles. The van der Waals surface area contributed by atoms with Crippen LogP contribution in [0.5, 0.6) is 0 Å². The van der Waals surface area contributed by atoms with Crippen LogP contribution in [-0.2, 0) is 14.3 Å². The third kappa shape index (κ3) is 7.04. The molecule has 0 radical (unpaired) electrons. The van der Waals surface area contributed by atoms with Gasteiger partial charge >= 0.3 is 5.97 Å². The van der Waals surface area contributed by atoms with Crippen molar-refractivity contribution >= 4 is 5.97 Å². The number of aliphatic hydroxyl groups excluding tert-OH is 5. The first-order valence-electron chi connectivity index (χ1n) is 15.7. The lowest BCUT2D eigenvalue weighted by atomic mass is 9.61. The van der Waals surface area contributed by atoms with Gasteiger partial charge in [0.2, 0.25) is 0 Å². The molecule has 9 heteroatoms. The van der Waals surface area contributed by atoms with Crippen LogP contribution in [0.3, 0.4) is 0 Å². The molecule has 0 spiro atoms. The summed E-state index contributed by atoms with van der Waals surface area (Å²) in [5.41, 5.74) is 1.95. The monoisotopic (exact) mass is 592 g/mol. The fourth-order valence-corrected chi connectivity index (χ4v) is 7.94. The van der Waals surface area contributed by atoms with E-state index in [1.807, 2.05) is 20.8 Å². The van der Waals surface area contributed by atoms with Crippen molar-refractivity contribution < 1.29 is 44.9 Å². The van der Waals surface area contributed by atoms with Crippen LogP contribution in [0.15, 0.2) is 35.5 Å². The van der Waals surface area contributed by atoms with Crippen LogP contribution in [0.25, 0.3) is 0 Å². The number of aliphatic hydroxyl groups is 5. The number of carboxylic acid groups (broad SMARTS) is 1. The van der Waals surface area contributed by atoms with E-state index in [2.05, 4.69) is 38.2 Å². The molecular weight excluding hydrogens is 540 g/mol. The van der Waals surface area contributed by atoms with E-state index >= 15 is 0 Å². The van der Waals surface area contributed by atoms with E-state index < -0.39 is 54.5 Å². The minimum Gasteiger partial charge on any atom is -0.479 e. The summed E-state index contributed by atoms with van der Waals surface area (Å²) in [6.45, 7) is 10.4. The lowest BCUT2D eigenvalue weighted by Crippen LogP contribution is -2.61. The fraction of sp³-hybridized carbons (Fsp3) is 0.788. The van der Waals surface area contributed by atoms with E-state index in [0.717, 1.165) is 31.3 Å². The molecule has 4 aliphatic rings. The average Bonchev–Trinajstić information content (AvgIpc) is 3.27. The summed E-state index contributed by atoms with van der Waals surface area (Å²) in [4.78, 5) is 11.5. The van der Waals surface area contributed by atoms with Gasteiger partial charge < -0.3 is 40.1 Å². The minimum absolute atomic E-state index is 0.123. The third-order valence-electron chi connectivity index (χ3n) is 10.8. The Kier molecular flexibility index (Phi) is 10.5. The molecule has 3 aliphatic carbocycles. The summed E-state index contributed by atoms with van der Waals surface area (Å²) < 4.78 is 11.4. The van der Waals surface area contributed by atoms with E-state index in [9.17, 15) is 35.4 Å². The Labute approximate surface area is 249 Å². The average molecular weight is 593 g/mol. The second kappa shape index (κ2) is 13.2. The van der Waals surface area contributed by atoms with Crippen LogP contribution in [0.2, 0.25) is 0 Å². The molecule has 12 atom stereocenters. The first kappa shape index (κ1) is 33.3. The van der Waals surface area contributed by atoms with Gasteiger partial charge in [-0.25, -0.2) is 4.79 Å². The van der Waals surface area contributed by atoms with Crippen molar-refractivity contribution in [1.29, 1.82) is 0 Å². The molecule has 1 heterocycles. The zero-order valence-corrected chi connectivity index (χ0v) is 25.7. The van der Waals surface area contributed by atoms with Crippen molar-refractivity contribution in [1.82, 2.24) is 0 Å². The van der Waals surface area contributed by atoms with Gasteiger partial charge in [-0.2, -0.15) is 0 Å². The topological polar surface area (TPSA) is 157 Å². The summed E-state index contributed by atoms with van der Waals surface area (Å²) in [6.07, 6.45) is 7.19. The van der Waals surface area contributed by atoms with Crippen molar-refractivity contribution in [2.75, 3.05) is 0 Å². The smallest absolute Gasteiger partial charge is 0.335 e. The molecule has 12 unspecified atom stereocenters. The van der Waals surface area contributed by atoms with Crippen molar-refractivity contribution in [3.63, 3.8) is 0 Å². The molecular formula is C33H52O9. The van der Waals surface area contributed by atoms with Gasteiger partial charge in [0.15, 0.2) is 12.4 Å². The maximum absolute atomic E-state index is 11.5. The lowest BCUT2D eigenvalue weighted by molar-refractivity contribution is -0.319. The SMILES string of the molecule is CC(C=CC(C)C(C)(C)OC1OC(C(=O)O)C(O)C(O)C1O)C1CCC2C(=CC=C3CC(O)CC(O)C3)CCCC21C. The summed E-state index contributed by atoms with van der Waals surface area (Å²) in [7, 11) is 0. The number of ether oxygens (including phenoxy) is 2. The third-order valence-corrected chi connectivity index (χ3v) is 10.8. The molecule has 4 rings (SSSR count). The van der Waals surface area contributed by atoms with Crippen molar-refractivity contribution in [2.24, 2.45) is 29.1 Å². The Hall–Kier alpha value is -1.59.